The van der Waals surface area contributed by atoms with Gasteiger partial charge in [-0.1, -0.05) is 0 Å². The molecule has 1 rings (SSSR count). The molecule has 23 heavy (non-hydrogen) atoms. The van der Waals surface area contributed by atoms with Gasteiger partial charge in [0.1, 0.15) is 0 Å². The molecule has 0 aromatic heterocycles. The van der Waals surface area contributed by atoms with Crippen molar-refractivity contribution in [3.63, 3.8) is 0 Å². The number of nitrogens with one attached hydrogen (secondary N) is 1. The topological polar surface area (TPSA) is 60.0 Å². The minimum atomic E-state index is -3.03. The van der Waals surface area contributed by atoms with Crippen LogP contribution in [0.4, 0.5) is 8.78 Å². The second kappa shape index (κ2) is 10.1. The van der Waals surface area contributed by atoms with E-state index in [2.05, 4.69) is 10.1 Å². The number of likely N-dealkylation sites (N-methyl/N-ethyl adjacent to an activating group) is 2. The van der Waals surface area contributed by atoms with Gasteiger partial charge in [-0.25, -0.2) is 0 Å². The molecule has 1 N–H and O–H groups in total. The molecule has 1 aromatic carbocycles. The Kier molecular flexibility index (Phi) is 9.28. The van der Waals surface area contributed by atoms with Gasteiger partial charge in [0.25, 0.3) is 5.91 Å². The van der Waals surface area contributed by atoms with Crippen LogP contribution in [-0.2, 0) is 0 Å². The SMILES string of the molecule is CNCCN(C)C(=O)c1cc(OC)c(OC(F)F)c(OC)c1.Cl. The molecule has 0 spiro atoms. The van der Waals surface area contributed by atoms with E-state index in [9.17, 15) is 13.6 Å². The number of rotatable bonds is 8. The summed E-state index contributed by atoms with van der Waals surface area (Å²) in [6.45, 7) is -1.90. The van der Waals surface area contributed by atoms with Crippen molar-refractivity contribution in [3.05, 3.63) is 17.7 Å². The van der Waals surface area contributed by atoms with E-state index in [1.165, 1.54) is 31.3 Å². The summed E-state index contributed by atoms with van der Waals surface area (Å²) < 4.78 is 39.4. The van der Waals surface area contributed by atoms with Crippen LogP contribution in [0.25, 0.3) is 0 Å². The van der Waals surface area contributed by atoms with Gasteiger partial charge in [-0.15, -0.1) is 12.4 Å². The zero-order valence-corrected chi connectivity index (χ0v) is 14.2. The van der Waals surface area contributed by atoms with Gasteiger partial charge in [-0.2, -0.15) is 8.78 Å². The van der Waals surface area contributed by atoms with Crippen molar-refractivity contribution in [3.8, 4) is 17.2 Å². The average molecular weight is 355 g/mol. The van der Waals surface area contributed by atoms with E-state index < -0.39 is 6.61 Å². The first kappa shape index (κ1) is 21.2. The van der Waals surface area contributed by atoms with Crippen LogP contribution in [0.2, 0.25) is 0 Å². The average Bonchev–Trinajstić information content (AvgIpc) is 2.51. The van der Waals surface area contributed by atoms with Crippen LogP contribution >= 0.6 is 12.4 Å². The number of alkyl halides is 2. The number of benzene rings is 1. The predicted molar refractivity (Wildman–Crippen MR) is 84.3 cm³/mol. The van der Waals surface area contributed by atoms with E-state index in [0.29, 0.717) is 13.1 Å². The van der Waals surface area contributed by atoms with Gasteiger partial charge in [0.2, 0.25) is 5.75 Å². The van der Waals surface area contributed by atoms with Crippen molar-refractivity contribution < 1.29 is 27.8 Å². The highest BCUT2D eigenvalue weighted by Gasteiger charge is 2.21. The number of hydrogen-bond acceptors (Lipinski definition) is 5. The molecule has 9 heteroatoms. The second-order valence-corrected chi connectivity index (χ2v) is 4.42. The van der Waals surface area contributed by atoms with Crippen LogP contribution in [-0.4, -0.2) is 58.8 Å². The third-order valence-electron chi connectivity index (χ3n) is 2.96. The fourth-order valence-electron chi connectivity index (χ4n) is 1.81. The fraction of sp³-hybridized carbons (Fsp3) is 0.500. The largest absolute Gasteiger partial charge is 0.493 e. The van der Waals surface area contributed by atoms with Gasteiger partial charge in [0, 0.05) is 25.7 Å². The van der Waals surface area contributed by atoms with Gasteiger partial charge in [0.05, 0.1) is 14.2 Å². The summed E-state index contributed by atoms with van der Waals surface area (Å²) in [5.41, 5.74) is 0.258. The Morgan fingerprint density at radius 3 is 2.17 bits per heavy atom. The van der Waals surface area contributed by atoms with Crippen molar-refractivity contribution >= 4 is 18.3 Å². The van der Waals surface area contributed by atoms with Crippen LogP contribution in [0.15, 0.2) is 12.1 Å². The lowest BCUT2D eigenvalue weighted by Crippen LogP contribution is -2.32. The number of carbonyl (C=O) groups is 1. The highest BCUT2D eigenvalue weighted by molar-refractivity contribution is 5.95. The van der Waals surface area contributed by atoms with E-state index in [4.69, 9.17) is 9.47 Å². The maximum absolute atomic E-state index is 12.5. The van der Waals surface area contributed by atoms with E-state index in [1.807, 2.05) is 0 Å². The molecule has 0 aliphatic rings. The molecule has 0 aliphatic carbocycles. The van der Waals surface area contributed by atoms with Gasteiger partial charge in [0.15, 0.2) is 11.5 Å². The number of methoxy groups -OCH3 is 2. The van der Waals surface area contributed by atoms with Crippen LogP contribution in [0, 0.1) is 0 Å². The zero-order chi connectivity index (χ0) is 16.7. The quantitative estimate of drug-likeness (QED) is 0.774. The number of hydrogen-bond donors (Lipinski definition) is 1. The summed E-state index contributed by atoms with van der Waals surface area (Å²) >= 11 is 0. The summed E-state index contributed by atoms with van der Waals surface area (Å²) in [6, 6.07) is 2.69. The Bertz CT molecular complexity index is 493. The Hall–Kier alpha value is -1.80. The first-order valence-electron chi connectivity index (χ1n) is 6.55. The van der Waals surface area contributed by atoms with Crippen LogP contribution in [0.1, 0.15) is 10.4 Å². The normalized spacial score (nSPS) is 10.0. The lowest BCUT2D eigenvalue weighted by atomic mass is 10.1. The molecule has 1 amide bonds. The summed E-state index contributed by atoms with van der Waals surface area (Å²) in [5.74, 6) is -0.514. The monoisotopic (exact) mass is 354 g/mol. The molecule has 0 bridgehead atoms. The molecule has 132 valence electrons. The van der Waals surface area contributed by atoms with Crippen LogP contribution in [0.5, 0.6) is 17.2 Å². The molecule has 0 radical (unpaired) electrons. The summed E-state index contributed by atoms with van der Waals surface area (Å²) in [4.78, 5) is 13.8. The van der Waals surface area contributed by atoms with Crippen molar-refractivity contribution in [2.24, 2.45) is 0 Å². The minimum Gasteiger partial charge on any atom is -0.493 e. The third kappa shape index (κ3) is 5.72. The first-order chi connectivity index (χ1) is 10.4. The Balaban J connectivity index is 0.00000484. The summed E-state index contributed by atoms with van der Waals surface area (Å²) in [6.07, 6.45) is 0. The molecule has 0 aliphatic heterocycles. The maximum atomic E-state index is 12.5. The number of carbonyl (C=O) groups excluding carboxylic acids is 1. The first-order valence-corrected chi connectivity index (χ1v) is 6.55. The van der Waals surface area contributed by atoms with E-state index in [-0.39, 0.29) is 41.1 Å². The molecule has 0 unspecified atom stereocenters. The summed E-state index contributed by atoms with van der Waals surface area (Å²) in [7, 11) is 6.02. The van der Waals surface area contributed by atoms with Crippen molar-refractivity contribution in [1.82, 2.24) is 10.2 Å². The molecular weight excluding hydrogens is 334 g/mol. The van der Waals surface area contributed by atoms with Crippen LogP contribution in [0.3, 0.4) is 0 Å². The standard InChI is InChI=1S/C14H20F2N2O4.ClH/c1-17-5-6-18(2)13(19)9-7-10(20-3)12(22-14(15)16)11(8-9)21-4;/h7-8,14,17H,5-6H2,1-4H3;1H. The Morgan fingerprint density at radius 2 is 1.78 bits per heavy atom. The smallest absolute Gasteiger partial charge is 0.387 e. The van der Waals surface area contributed by atoms with Gasteiger partial charge < -0.3 is 24.4 Å². The highest BCUT2D eigenvalue weighted by Crippen LogP contribution is 2.39. The predicted octanol–water partition coefficient (Wildman–Crippen LogP) is 2.02. The van der Waals surface area contributed by atoms with Gasteiger partial charge in [-0.05, 0) is 19.2 Å². The maximum Gasteiger partial charge on any atom is 0.387 e. The summed E-state index contributed by atoms with van der Waals surface area (Å²) in [5, 5.41) is 2.93. The van der Waals surface area contributed by atoms with Crippen molar-refractivity contribution in [2.75, 3.05) is 41.4 Å². The lowest BCUT2D eigenvalue weighted by molar-refractivity contribution is -0.0526. The Labute approximate surface area is 140 Å². The van der Waals surface area contributed by atoms with E-state index in [1.54, 1.807) is 14.1 Å². The van der Waals surface area contributed by atoms with Crippen LogP contribution < -0.4 is 19.5 Å². The molecule has 0 fully saturated rings. The number of amides is 1. The van der Waals surface area contributed by atoms with Gasteiger partial charge in [-0.3, -0.25) is 4.79 Å². The molecule has 0 saturated heterocycles. The molecule has 0 saturated carbocycles. The van der Waals surface area contributed by atoms with E-state index >= 15 is 0 Å². The van der Waals surface area contributed by atoms with Crippen molar-refractivity contribution in [2.45, 2.75) is 6.61 Å². The molecule has 1 aromatic rings. The number of nitrogens with zero attached hydrogens (tertiary/aromatic N) is 1. The lowest BCUT2D eigenvalue weighted by Gasteiger charge is -2.19. The van der Waals surface area contributed by atoms with Crippen molar-refractivity contribution in [1.29, 1.82) is 0 Å². The second-order valence-electron chi connectivity index (χ2n) is 4.42. The third-order valence-corrected chi connectivity index (χ3v) is 2.96. The zero-order valence-electron chi connectivity index (χ0n) is 13.4. The molecule has 0 atom stereocenters. The molecular formula is C14H21ClF2N2O4. The minimum absolute atomic E-state index is 0. The molecule has 6 nitrogen and oxygen atoms in total. The molecule has 0 heterocycles. The number of halogens is 3. The Morgan fingerprint density at radius 1 is 1.26 bits per heavy atom. The van der Waals surface area contributed by atoms with Gasteiger partial charge >= 0.3 is 6.61 Å². The van der Waals surface area contributed by atoms with E-state index in [0.717, 1.165) is 0 Å². The number of ether oxygens (including phenoxy) is 3. The fourth-order valence-corrected chi connectivity index (χ4v) is 1.81. The highest BCUT2D eigenvalue weighted by atomic mass is 35.5.